The molecule has 0 saturated heterocycles. The van der Waals surface area contributed by atoms with Crippen molar-refractivity contribution in [3.05, 3.63) is 289 Å². The predicted molar refractivity (Wildman–Crippen MR) is 422 cm³/mol. The van der Waals surface area contributed by atoms with Crippen LogP contribution in [0.15, 0.2) is 244 Å². The Morgan fingerprint density at radius 2 is 0.472 bits per heavy atom. The predicted octanol–water partition coefficient (Wildman–Crippen LogP) is 18.1. The third-order valence-electron chi connectivity index (χ3n) is 19.7. The first kappa shape index (κ1) is 74.2. The van der Waals surface area contributed by atoms with Crippen LogP contribution >= 0.6 is 0 Å². The van der Waals surface area contributed by atoms with Crippen molar-refractivity contribution in [2.45, 2.75) is 129 Å². The third-order valence-corrected chi connectivity index (χ3v) is 19.7. The number of aryl methyl sites for hydroxylation is 4. The number of nitrogens with zero attached hydrogens (tertiary/aromatic N) is 6. The van der Waals surface area contributed by atoms with Gasteiger partial charge in [-0.2, -0.15) is 0 Å². The highest BCUT2D eigenvalue weighted by molar-refractivity contribution is 6.02. The number of ether oxygens (including phenoxy) is 4. The summed E-state index contributed by atoms with van der Waals surface area (Å²) in [5.41, 5.74) is 13.6. The van der Waals surface area contributed by atoms with Gasteiger partial charge in [-0.25, -0.2) is 47.4 Å². The first-order valence-corrected chi connectivity index (χ1v) is 38.3. The molecule has 16 nitrogen and oxygen atoms in total. The first-order chi connectivity index (χ1) is 53.2. The van der Waals surface area contributed by atoms with E-state index < -0.39 is 5.97 Å². The minimum Gasteiger partial charge on any atom is -0.462 e. The molecule has 7 aromatic heterocycles. The van der Waals surface area contributed by atoms with Crippen LogP contribution in [0.4, 0.5) is 0 Å². The number of H-pyrrole nitrogens is 2. The fraction of sp³-hybridized carbons (Fsp3) is 0.261. The number of carbonyl (C=O) groups is 4. The Hall–Kier alpha value is -12.0. The van der Waals surface area contributed by atoms with Gasteiger partial charge in [0.25, 0.3) is 0 Å². The number of carbonyl (C=O) groups excluding carboxylic acids is 4. The summed E-state index contributed by atoms with van der Waals surface area (Å²) in [5.74, 6) is -1.55. The summed E-state index contributed by atoms with van der Waals surface area (Å²) >= 11 is 0. The number of pyridine rings is 4. The van der Waals surface area contributed by atoms with Gasteiger partial charge >= 0.3 is 23.9 Å². The minimum absolute atomic E-state index is 0.325. The standard InChI is InChI=1S/C92H93N8O8/c101-89(105-65-25-5-1-13-53-97-57-17-9-18-58-97)73-37-29-69(30-38-73)85-77-45-47-79(93-77)86(70-31-39-74(40-32-70)90(102)106-66-26-6-2-14-54-98-59-19-10-20-60-98)81-49-51-83(95-81)88(72-35-43-76(44-36-72)92(104)108-68-28-8-4-16-56-100-63-23-12-24-64-100)84-52-50-82(96-84)87(80-48-46-78(85)94-80)71-33-41-75(42-34-71)91(103)107-67-27-7-3-15-55-99-61-21-11-22-62-99/h9-12,17-24,29-52,57-64H,1-8,13-16,25-28,53-56,65-68H2,(H-,93,94,95,96,101,102,103,104)/q+3/p+1. The molecule has 2 aliphatic rings. The number of unbranched alkanes of at least 4 members (excludes halogenated alkanes) is 12. The Kier molecular flexibility index (Phi) is 26.3. The maximum atomic E-state index is 13.7. The highest BCUT2D eigenvalue weighted by atomic mass is 16.5. The van der Waals surface area contributed by atoms with Gasteiger partial charge in [-0.1, -0.05) is 72.8 Å². The third kappa shape index (κ3) is 20.3. The second-order valence-corrected chi connectivity index (χ2v) is 27.5. The quantitative estimate of drug-likeness (QED) is 0.0166. The van der Waals surface area contributed by atoms with Gasteiger partial charge in [0.1, 0.15) is 26.2 Å². The van der Waals surface area contributed by atoms with Crippen molar-refractivity contribution in [1.29, 1.82) is 0 Å². The van der Waals surface area contributed by atoms with E-state index in [1.54, 1.807) is 36.4 Å². The number of hydrogen-bond donors (Lipinski definition) is 2. The number of nitrogens with one attached hydrogen (secondary N) is 2. The number of rotatable bonds is 36. The van der Waals surface area contributed by atoms with Gasteiger partial charge in [0.05, 0.1) is 71.5 Å². The van der Waals surface area contributed by atoms with Crippen LogP contribution in [0.1, 0.15) is 167 Å². The summed E-state index contributed by atoms with van der Waals surface area (Å²) in [6, 6.07) is 62.5. The molecule has 0 radical (unpaired) electrons. The Balaban J connectivity index is 0.834. The summed E-state index contributed by atoms with van der Waals surface area (Å²) in [6.45, 7) is 5.09. The smallest absolute Gasteiger partial charge is 0.338 e. The fourth-order valence-corrected chi connectivity index (χ4v) is 13.8. The van der Waals surface area contributed by atoms with E-state index in [2.05, 4.69) is 89.9 Å². The summed E-state index contributed by atoms with van der Waals surface area (Å²) in [6.07, 6.45) is 39.8. The van der Waals surface area contributed by atoms with E-state index in [9.17, 15) is 19.2 Å². The van der Waals surface area contributed by atoms with Crippen molar-refractivity contribution < 1.29 is 56.4 Å². The maximum absolute atomic E-state index is 13.7. The average Bonchev–Trinajstić information content (AvgIpc) is 1.61. The van der Waals surface area contributed by atoms with Crippen LogP contribution in [0.2, 0.25) is 0 Å². The van der Waals surface area contributed by atoms with E-state index in [1.165, 1.54) is 0 Å². The number of benzene rings is 4. The van der Waals surface area contributed by atoms with Crippen molar-refractivity contribution in [1.82, 2.24) is 19.9 Å². The van der Waals surface area contributed by atoms with Gasteiger partial charge in [-0.05, 0) is 196 Å². The Labute approximate surface area is 631 Å². The molecule has 4 aromatic carbocycles. The molecule has 0 fully saturated rings. The molecular formula is C92H94N8O8+4. The monoisotopic (exact) mass is 1440 g/mol. The Morgan fingerprint density at radius 1 is 0.250 bits per heavy atom. The van der Waals surface area contributed by atoms with Crippen molar-refractivity contribution in [3.63, 3.8) is 0 Å². The molecule has 16 heteroatoms. The fourth-order valence-electron chi connectivity index (χ4n) is 13.8. The summed E-state index contributed by atoms with van der Waals surface area (Å²) < 4.78 is 32.1. The molecule has 0 saturated carbocycles. The minimum atomic E-state index is -0.391. The zero-order chi connectivity index (χ0) is 73.9. The molecule has 8 bridgehead atoms. The lowest BCUT2D eigenvalue weighted by Crippen LogP contribution is -2.32. The molecule has 11 aromatic rings. The SMILES string of the molecule is O=C(OCCCCCC[n+]1ccccc1)c1ccc(-c2c3nc(c(-c4ccc(C(=O)OCCCCCC[n+]5ccccc5)cc4)c4ccc([nH]4)c(-c4ccc(C(=O)OCCCCCC[n+]5ccccc5)cc4)c4ccc([nH]4)c(-c4ccc(C(=O)OCCCCCC[n+]5ccccc5)cc4)c4nc2C=C4)C=C3)cc1. The van der Waals surface area contributed by atoms with Crippen LogP contribution in [0.3, 0.4) is 0 Å². The van der Waals surface area contributed by atoms with E-state index in [0.717, 1.165) is 195 Å². The van der Waals surface area contributed by atoms with E-state index in [1.807, 2.05) is 170 Å². The topological polar surface area (TPSA) is 178 Å². The van der Waals surface area contributed by atoms with Crippen LogP contribution in [-0.2, 0) is 45.1 Å². The van der Waals surface area contributed by atoms with Gasteiger partial charge in [-0.15, -0.1) is 0 Å². The molecule has 0 spiro atoms. The zero-order valence-electron chi connectivity index (χ0n) is 61.3. The van der Waals surface area contributed by atoms with Crippen molar-refractivity contribution >= 4 is 70.2 Å². The molecule has 13 rings (SSSR count). The summed E-state index contributed by atoms with van der Waals surface area (Å²) in [7, 11) is 0. The molecule has 9 heterocycles. The van der Waals surface area contributed by atoms with E-state index in [-0.39, 0.29) is 17.9 Å². The highest BCUT2D eigenvalue weighted by Gasteiger charge is 2.23. The molecule has 0 atom stereocenters. The van der Waals surface area contributed by atoms with Gasteiger partial charge in [0.2, 0.25) is 0 Å². The van der Waals surface area contributed by atoms with Crippen LogP contribution in [-0.4, -0.2) is 70.2 Å². The first-order valence-electron chi connectivity index (χ1n) is 38.3. The van der Waals surface area contributed by atoms with Crippen molar-refractivity contribution in [2.75, 3.05) is 26.4 Å². The van der Waals surface area contributed by atoms with E-state index in [4.69, 9.17) is 28.9 Å². The normalized spacial score (nSPS) is 11.6. The molecule has 0 amide bonds. The Morgan fingerprint density at radius 3 is 0.741 bits per heavy atom. The average molecular weight is 1440 g/mol. The van der Waals surface area contributed by atoms with E-state index in [0.29, 0.717) is 71.5 Å². The maximum Gasteiger partial charge on any atom is 0.338 e. The van der Waals surface area contributed by atoms with Gasteiger partial charge in [0.15, 0.2) is 49.6 Å². The number of esters is 4. The summed E-state index contributed by atoms with van der Waals surface area (Å²) in [4.78, 5) is 73.4. The second kappa shape index (κ2) is 38.3. The van der Waals surface area contributed by atoms with Crippen LogP contribution in [0, 0.1) is 0 Å². The molecular weight excluding hydrogens is 1350 g/mol. The number of fused-ring (bicyclic) bond motifs is 8. The Bertz CT molecular complexity index is 4840. The van der Waals surface area contributed by atoms with Crippen LogP contribution < -0.4 is 18.3 Å². The lowest BCUT2D eigenvalue weighted by Gasteiger charge is -2.09. The molecule has 2 aliphatic heterocycles. The van der Waals surface area contributed by atoms with Crippen LogP contribution in [0.5, 0.6) is 0 Å². The van der Waals surface area contributed by atoms with Gasteiger partial charge < -0.3 is 28.9 Å². The molecule has 108 heavy (non-hydrogen) atoms. The zero-order valence-corrected chi connectivity index (χ0v) is 61.3. The van der Waals surface area contributed by atoms with Crippen molar-refractivity contribution in [3.8, 4) is 44.5 Å². The van der Waals surface area contributed by atoms with Gasteiger partial charge in [-0.3, -0.25) is 0 Å². The second-order valence-electron chi connectivity index (χ2n) is 27.5. The molecule has 546 valence electrons. The van der Waals surface area contributed by atoms with Crippen molar-refractivity contribution in [2.24, 2.45) is 0 Å². The van der Waals surface area contributed by atoms with E-state index >= 15 is 0 Å². The lowest BCUT2D eigenvalue weighted by atomic mass is 10.0. The molecule has 2 N–H and O–H groups in total. The number of aromatic amines is 2. The summed E-state index contributed by atoms with van der Waals surface area (Å²) in [5, 5.41) is 0. The molecule has 0 aliphatic carbocycles. The number of aromatic nitrogens is 8. The molecule has 0 unspecified atom stereocenters. The van der Waals surface area contributed by atoms with Crippen LogP contribution in [0.25, 0.3) is 90.9 Å². The largest absolute Gasteiger partial charge is 0.462 e. The highest BCUT2D eigenvalue weighted by Crippen LogP contribution is 2.39. The van der Waals surface area contributed by atoms with Gasteiger partial charge in [0, 0.05) is 119 Å². The lowest BCUT2D eigenvalue weighted by molar-refractivity contribution is -0.697. The number of hydrogen-bond acceptors (Lipinski definition) is 10.